The summed E-state index contributed by atoms with van der Waals surface area (Å²) in [4.78, 5) is 0. The maximum Gasteiger partial charge on any atom is -0.0258 e. The van der Waals surface area contributed by atoms with Gasteiger partial charge in [-0.15, -0.1) is 0 Å². The van der Waals surface area contributed by atoms with E-state index in [1.165, 1.54) is 0 Å². The summed E-state index contributed by atoms with van der Waals surface area (Å²) in [6, 6.07) is 0. The molecule has 0 spiro atoms. The number of hydrogen-bond acceptors (Lipinski definition) is 0. The van der Waals surface area contributed by atoms with Crippen molar-refractivity contribution >= 4 is 0 Å². The number of allylic oxidation sites excluding steroid dienone is 11. The van der Waals surface area contributed by atoms with Crippen molar-refractivity contribution in [2.24, 2.45) is 0 Å². The maximum absolute atomic E-state index is 3.86. The van der Waals surface area contributed by atoms with Gasteiger partial charge in [0.15, 0.2) is 0 Å². The Labute approximate surface area is 115 Å². The minimum atomic E-state index is 0. The van der Waals surface area contributed by atoms with Crippen LogP contribution in [-0.4, -0.2) is 0 Å². The minimum Gasteiger partial charge on any atom is -0.0961 e. The van der Waals surface area contributed by atoms with E-state index in [0.29, 0.717) is 0 Å². The zero-order valence-electron chi connectivity index (χ0n) is 11.9. The molecule has 0 aromatic heterocycles. The van der Waals surface area contributed by atoms with Gasteiger partial charge in [-0.3, -0.25) is 0 Å². The lowest BCUT2D eigenvalue weighted by atomic mass is 10.1. The van der Waals surface area contributed by atoms with Crippen LogP contribution in [0.15, 0.2) is 72.4 Å². The first-order valence-corrected chi connectivity index (χ1v) is 6.16. The Morgan fingerprint density at radius 2 is 1.39 bits per heavy atom. The summed E-state index contributed by atoms with van der Waals surface area (Å²) < 4.78 is 0. The van der Waals surface area contributed by atoms with Gasteiger partial charge >= 0.3 is 0 Å². The first-order valence-electron chi connectivity index (χ1n) is 6.16. The Morgan fingerprint density at radius 1 is 0.833 bits per heavy atom. The third kappa shape index (κ3) is 16.9. The number of rotatable bonds is 5. The summed E-state index contributed by atoms with van der Waals surface area (Å²) in [6.07, 6.45) is 18.2. The molecular formula is C18H30. The molecular weight excluding hydrogens is 216 g/mol. The van der Waals surface area contributed by atoms with Crippen molar-refractivity contribution in [2.75, 3.05) is 0 Å². The second kappa shape index (κ2) is 17.8. The zero-order chi connectivity index (χ0) is 13.5. The van der Waals surface area contributed by atoms with Gasteiger partial charge in [0, 0.05) is 0 Å². The van der Waals surface area contributed by atoms with Crippen LogP contribution in [0, 0.1) is 0 Å². The second-order valence-corrected chi connectivity index (χ2v) is 3.26. The lowest BCUT2D eigenvalue weighted by Crippen LogP contribution is -1.72. The molecule has 0 aromatic carbocycles. The van der Waals surface area contributed by atoms with E-state index in [4.69, 9.17) is 0 Å². The highest BCUT2D eigenvalue weighted by Crippen LogP contribution is 2.04. The number of hydrogen-bond donors (Lipinski definition) is 0. The van der Waals surface area contributed by atoms with Gasteiger partial charge in [-0.05, 0) is 26.3 Å². The van der Waals surface area contributed by atoms with Crippen molar-refractivity contribution in [3.8, 4) is 0 Å². The molecule has 0 aliphatic carbocycles. The summed E-state index contributed by atoms with van der Waals surface area (Å²) in [7, 11) is 0. The van der Waals surface area contributed by atoms with E-state index in [9.17, 15) is 0 Å². The van der Waals surface area contributed by atoms with Crippen LogP contribution in [0.25, 0.3) is 0 Å². The molecule has 0 aliphatic rings. The SMILES string of the molecule is C.C=C(C)/C=C(\C=C/C)/C=C/C=C\C=C/C.CC. The summed E-state index contributed by atoms with van der Waals surface area (Å²) in [5, 5.41) is 0. The van der Waals surface area contributed by atoms with Gasteiger partial charge in [0.2, 0.25) is 0 Å². The molecule has 0 fully saturated rings. The highest BCUT2D eigenvalue weighted by Gasteiger charge is 1.83. The molecule has 0 aliphatic heterocycles. The Bertz CT molecular complexity index is 320. The third-order valence-electron chi connectivity index (χ3n) is 1.59. The molecule has 102 valence electrons. The van der Waals surface area contributed by atoms with Crippen molar-refractivity contribution in [2.45, 2.75) is 42.0 Å². The van der Waals surface area contributed by atoms with Crippen LogP contribution in [0.3, 0.4) is 0 Å². The zero-order valence-corrected chi connectivity index (χ0v) is 11.9. The lowest BCUT2D eigenvalue weighted by molar-refractivity contribution is 1.50. The van der Waals surface area contributed by atoms with Crippen molar-refractivity contribution in [1.82, 2.24) is 0 Å². The Morgan fingerprint density at radius 3 is 1.83 bits per heavy atom. The van der Waals surface area contributed by atoms with Crippen LogP contribution >= 0.6 is 0 Å². The molecule has 0 bridgehead atoms. The van der Waals surface area contributed by atoms with Gasteiger partial charge in [0.25, 0.3) is 0 Å². The van der Waals surface area contributed by atoms with Crippen molar-refractivity contribution in [1.29, 1.82) is 0 Å². The maximum atomic E-state index is 3.86. The first kappa shape index (κ1) is 21.7. The first-order chi connectivity index (χ1) is 8.20. The smallest absolute Gasteiger partial charge is 0.0258 e. The van der Waals surface area contributed by atoms with E-state index in [1.807, 2.05) is 71.1 Å². The van der Waals surface area contributed by atoms with Crippen molar-refractivity contribution < 1.29 is 0 Å². The minimum absolute atomic E-state index is 0. The summed E-state index contributed by atoms with van der Waals surface area (Å²) in [5.41, 5.74) is 2.22. The van der Waals surface area contributed by atoms with E-state index in [0.717, 1.165) is 11.1 Å². The molecule has 0 unspecified atom stereocenters. The summed E-state index contributed by atoms with van der Waals surface area (Å²) >= 11 is 0. The van der Waals surface area contributed by atoms with Crippen LogP contribution in [-0.2, 0) is 0 Å². The molecule has 0 atom stereocenters. The van der Waals surface area contributed by atoms with Crippen molar-refractivity contribution in [3.63, 3.8) is 0 Å². The van der Waals surface area contributed by atoms with Crippen molar-refractivity contribution in [3.05, 3.63) is 72.4 Å². The van der Waals surface area contributed by atoms with Gasteiger partial charge in [-0.1, -0.05) is 88.1 Å². The summed E-state index contributed by atoms with van der Waals surface area (Å²) in [6.45, 7) is 13.9. The van der Waals surface area contributed by atoms with Crippen LogP contribution in [0.4, 0.5) is 0 Å². The largest absolute Gasteiger partial charge is 0.0961 e. The van der Waals surface area contributed by atoms with E-state index in [2.05, 4.69) is 24.8 Å². The molecule has 0 N–H and O–H groups in total. The normalized spacial score (nSPS) is 11.9. The molecule has 0 heterocycles. The molecule has 0 amide bonds. The Balaban J connectivity index is -0.000000709. The van der Waals surface area contributed by atoms with Crippen LogP contribution in [0.1, 0.15) is 42.0 Å². The highest BCUT2D eigenvalue weighted by molar-refractivity contribution is 5.37. The van der Waals surface area contributed by atoms with Gasteiger partial charge in [-0.2, -0.15) is 0 Å². The Hall–Kier alpha value is -1.56. The van der Waals surface area contributed by atoms with Gasteiger partial charge in [0.1, 0.15) is 0 Å². The molecule has 0 nitrogen and oxygen atoms in total. The average molecular weight is 246 g/mol. The van der Waals surface area contributed by atoms with Crippen LogP contribution in [0.2, 0.25) is 0 Å². The molecule has 0 rings (SSSR count). The third-order valence-corrected chi connectivity index (χ3v) is 1.59. The molecule has 18 heavy (non-hydrogen) atoms. The molecule has 0 saturated carbocycles. The van der Waals surface area contributed by atoms with Crippen LogP contribution in [0.5, 0.6) is 0 Å². The molecule has 0 radical (unpaired) electrons. The topological polar surface area (TPSA) is 0 Å². The van der Waals surface area contributed by atoms with Gasteiger partial charge in [0.05, 0.1) is 0 Å². The molecule has 0 aromatic rings. The monoisotopic (exact) mass is 246 g/mol. The van der Waals surface area contributed by atoms with E-state index in [-0.39, 0.29) is 7.43 Å². The predicted molar refractivity (Wildman–Crippen MR) is 88.9 cm³/mol. The molecule has 0 heteroatoms. The van der Waals surface area contributed by atoms with E-state index >= 15 is 0 Å². The van der Waals surface area contributed by atoms with E-state index < -0.39 is 0 Å². The fourth-order valence-corrected chi connectivity index (χ4v) is 1.03. The summed E-state index contributed by atoms with van der Waals surface area (Å²) in [5.74, 6) is 0. The quantitative estimate of drug-likeness (QED) is 0.491. The van der Waals surface area contributed by atoms with Crippen LogP contribution < -0.4 is 0 Å². The standard InChI is InChI=1S/C15H20.C2H6.CH4/c1-5-7-8-9-10-12-15(11-6-2)13-14(3)4;1-2;/h5-13H,3H2,1-2,4H3;1-2H3;1H4/b7-5-,9-8-,11-6-,12-10+,15-13+;;. The molecule has 0 saturated heterocycles. The predicted octanol–water partition coefficient (Wildman–Crippen LogP) is 6.42. The second-order valence-electron chi connectivity index (χ2n) is 3.26. The fourth-order valence-electron chi connectivity index (χ4n) is 1.03. The fraction of sp³-hybridized carbons (Fsp3) is 0.333. The van der Waals surface area contributed by atoms with E-state index in [1.54, 1.807) is 0 Å². The Kier molecular flexibility index (Phi) is 21.5. The average Bonchev–Trinajstić information content (AvgIpc) is 2.31. The van der Waals surface area contributed by atoms with Gasteiger partial charge in [-0.25, -0.2) is 0 Å². The highest BCUT2D eigenvalue weighted by atomic mass is 13.9. The lowest BCUT2D eigenvalue weighted by Gasteiger charge is -1.93. The van der Waals surface area contributed by atoms with Gasteiger partial charge < -0.3 is 0 Å².